The molecule has 2 fully saturated rings. The van der Waals surface area contributed by atoms with Crippen molar-refractivity contribution >= 4 is 17.9 Å². The van der Waals surface area contributed by atoms with Crippen molar-refractivity contribution in [1.29, 1.82) is 0 Å². The van der Waals surface area contributed by atoms with Crippen molar-refractivity contribution in [3.05, 3.63) is 18.0 Å². The highest BCUT2D eigenvalue weighted by Crippen LogP contribution is 2.50. The second-order valence-electron chi connectivity index (χ2n) is 10.1. The van der Waals surface area contributed by atoms with Gasteiger partial charge in [0.15, 0.2) is 0 Å². The van der Waals surface area contributed by atoms with Gasteiger partial charge in [0.25, 0.3) is 5.91 Å². The van der Waals surface area contributed by atoms with E-state index >= 15 is 0 Å². The third kappa shape index (κ3) is 3.89. The van der Waals surface area contributed by atoms with Crippen LogP contribution in [0.3, 0.4) is 0 Å². The van der Waals surface area contributed by atoms with E-state index in [9.17, 15) is 9.59 Å². The first-order chi connectivity index (χ1) is 13.4. The molecule has 2 bridgehead atoms. The van der Waals surface area contributed by atoms with Gasteiger partial charge in [-0.1, -0.05) is 20.8 Å². The molecule has 2 unspecified atom stereocenters. The molecule has 2 atom stereocenters. The molecule has 0 saturated carbocycles. The zero-order valence-corrected chi connectivity index (χ0v) is 18.6. The summed E-state index contributed by atoms with van der Waals surface area (Å²) in [7, 11) is 1.58. The van der Waals surface area contributed by atoms with E-state index in [2.05, 4.69) is 41.0 Å². The molecule has 0 radical (unpaired) electrons. The number of piperazine rings is 1. The van der Waals surface area contributed by atoms with E-state index in [1.165, 1.54) is 0 Å². The van der Waals surface area contributed by atoms with Gasteiger partial charge in [0, 0.05) is 32.5 Å². The molecular weight excluding hydrogens is 370 g/mol. The Kier molecular flexibility index (Phi) is 5.26. The number of carbonyl (C=O) groups excluding carboxylic acids is 2. The highest BCUT2D eigenvalue weighted by molar-refractivity contribution is 5.93. The Hall–Kier alpha value is -2.38. The van der Waals surface area contributed by atoms with Crippen LogP contribution in [0.25, 0.3) is 0 Å². The first-order valence-corrected chi connectivity index (χ1v) is 10.2. The molecule has 0 aromatic carbocycles. The summed E-state index contributed by atoms with van der Waals surface area (Å²) in [5.74, 6) is 0.375. The molecule has 0 spiro atoms. The van der Waals surface area contributed by atoms with Crippen LogP contribution in [0.5, 0.6) is 0 Å². The lowest BCUT2D eigenvalue weighted by Gasteiger charge is -2.54. The number of nitrogens with zero attached hydrogens (tertiary/aromatic N) is 4. The van der Waals surface area contributed by atoms with Crippen LogP contribution < -0.4 is 10.2 Å². The van der Waals surface area contributed by atoms with Crippen molar-refractivity contribution in [2.45, 2.75) is 71.6 Å². The molecule has 1 N–H and O–H groups in total. The molecule has 2 amide bonds. The van der Waals surface area contributed by atoms with Crippen LogP contribution >= 0.6 is 0 Å². The van der Waals surface area contributed by atoms with Gasteiger partial charge in [0.05, 0.1) is 17.1 Å². The summed E-state index contributed by atoms with van der Waals surface area (Å²) >= 11 is 0. The molecule has 0 aliphatic carbocycles. The van der Waals surface area contributed by atoms with Gasteiger partial charge < -0.3 is 15.0 Å². The Morgan fingerprint density at radius 1 is 1.17 bits per heavy atom. The van der Waals surface area contributed by atoms with Crippen molar-refractivity contribution < 1.29 is 14.3 Å². The van der Waals surface area contributed by atoms with E-state index in [0.29, 0.717) is 24.6 Å². The van der Waals surface area contributed by atoms with Crippen LogP contribution in [0.15, 0.2) is 12.4 Å². The number of anilines is 1. The Morgan fingerprint density at radius 3 is 2.31 bits per heavy atom. The van der Waals surface area contributed by atoms with Gasteiger partial charge in [-0.2, -0.15) is 0 Å². The van der Waals surface area contributed by atoms with Gasteiger partial charge in [0.2, 0.25) is 5.95 Å². The zero-order chi connectivity index (χ0) is 21.6. The van der Waals surface area contributed by atoms with Crippen LogP contribution in [0.2, 0.25) is 0 Å². The zero-order valence-electron chi connectivity index (χ0n) is 18.6. The monoisotopic (exact) mass is 403 g/mol. The minimum Gasteiger partial charge on any atom is -0.444 e. The van der Waals surface area contributed by atoms with Crippen LogP contribution in [0, 0.1) is 5.41 Å². The topological polar surface area (TPSA) is 87.7 Å². The van der Waals surface area contributed by atoms with E-state index < -0.39 is 5.60 Å². The summed E-state index contributed by atoms with van der Waals surface area (Å²) < 4.78 is 5.77. The van der Waals surface area contributed by atoms with Gasteiger partial charge in [-0.05, 0) is 39.0 Å². The fourth-order valence-electron chi connectivity index (χ4n) is 4.47. The molecule has 2 saturated heterocycles. The standard InChI is InChI=1S/C21H33N5O3/c1-19(2,3)21-9-8-15(26(21)18(28)29-20(4,5)6)12-25(13-21)17-23-10-14(11-24-17)16(27)22-7/h10-11,15H,8-9,12-13H2,1-7H3,(H,22,27). The Labute approximate surface area is 173 Å². The minimum atomic E-state index is -0.536. The maximum Gasteiger partial charge on any atom is 0.411 e. The average molecular weight is 404 g/mol. The molecule has 1 aromatic rings. The second-order valence-corrected chi connectivity index (χ2v) is 10.1. The first-order valence-electron chi connectivity index (χ1n) is 10.2. The predicted octanol–water partition coefficient (Wildman–Crippen LogP) is 2.84. The quantitative estimate of drug-likeness (QED) is 0.817. The van der Waals surface area contributed by atoms with Crippen LogP contribution in [0.4, 0.5) is 10.7 Å². The van der Waals surface area contributed by atoms with E-state index in [1.54, 1.807) is 19.4 Å². The number of rotatable bonds is 2. The maximum atomic E-state index is 13.1. The number of hydrogen-bond donors (Lipinski definition) is 1. The number of ether oxygens (including phenoxy) is 1. The third-order valence-electron chi connectivity index (χ3n) is 6.00. The summed E-state index contributed by atoms with van der Waals surface area (Å²) in [4.78, 5) is 37.9. The number of aromatic nitrogens is 2. The van der Waals surface area contributed by atoms with Gasteiger partial charge in [0.1, 0.15) is 5.60 Å². The van der Waals surface area contributed by atoms with Crippen LogP contribution in [-0.2, 0) is 4.74 Å². The summed E-state index contributed by atoms with van der Waals surface area (Å²) in [6.07, 6.45) is 4.68. The number of fused-ring (bicyclic) bond motifs is 2. The molecule has 1 aromatic heterocycles. The summed E-state index contributed by atoms with van der Waals surface area (Å²) in [5.41, 5.74) is -0.636. The van der Waals surface area contributed by atoms with Crippen LogP contribution in [-0.4, -0.2) is 64.2 Å². The van der Waals surface area contributed by atoms with Gasteiger partial charge >= 0.3 is 6.09 Å². The molecule has 2 aliphatic rings. The normalized spacial score (nSPS) is 24.4. The Balaban J connectivity index is 1.91. The van der Waals surface area contributed by atoms with Crippen molar-refractivity contribution in [1.82, 2.24) is 20.2 Å². The lowest BCUT2D eigenvalue weighted by molar-refractivity contribution is -0.0370. The van der Waals surface area contributed by atoms with Crippen molar-refractivity contribution in [2.24, 2.45) is 5.41 Å². The highest BCUT2D eigenvalue weighted by atomic mass is 16.6. The number of hydrogen-bond acceptors (Lipinski definition) is 6. The van der Waals surface area contributed by atoms with E-state index in [-0.39, 0.29) is 29.0 Å². The largest absolute Gasteiger partial charge is 0.444 e. The molecule has 2 aliphatic heterocycles. The van der Waals surface area contributed by atoms with E-state index in [0.717, 1.165) is 12.8 Å². The molecule has 29 heavy (non-hydrogen) atoms. The Bertz CT molecular complexity index is 781. The van der Waals surface area contributed by atoms with Gasteiger partial charge in [-0.25, -0.2) is 14.8 Å². The second kappa shape index (κ2) is 7.15. The molecular formula is C21H33N5O3. The predicted molar refractivity (Wildman–Crippen MR) is 111 cm³/mol. The van der Waals surface area contributed by atoms with Crippen molar-refractivity contribution in [3.63, 3.8) is 0 Å². The summed E-state index contributed by atoms with van der Waals surface area (Å²) in [6, 6.07) is 0.0417. The van der Waals surface area contributed by atoms with Crippen molar-refractivity contribution in [2.75, 3.05) is 25.0 Å². The summed E-state index contributed by atoms with van der Waals surface area (Å²) in [6.45, 7) is 13.5. The SMILES string of the molecule is CNC(=O)c1cnc(N2CC3CCC(C(C)(C)C)(C2)N3C(=O)OC(C)(C)C)nc1. The van der Waals surface area contributed by atoms with Crippen LogP contribution in [0.1, 0.15) is 64.7 Å². The fourth-order valence-corrected chi connectivity index (χ4v) is 4.47. The number of nitrogens with one attached hydrogen (secondary N) is 1. The van der Waals surface area contributed by atoms with E-state index in [1.807, 2.05) is 25.7 Å². The molecule has 3 heterocycles. The lowest BCUT2D eigenvalue weighted by Crippen LogP contribution is -2.68. The molecule has 3 rings (SSSR count). The van der Waals surface area contributed by atoms with Crippen molar-refractivity contribution in [3.8, 4) is 0 Å². The number of carbonyl (C=O) groups is 2. The summed E-state index contributed by atoms with van der Waals surface area (Å²) in [5, 5.41) is 2.58. The average Bonchev–Trinajstić information content (AvgIpc) is 2.87. The first kappa shape index (κ1) is 21.3. The number of amides is 2. The van der Waals surface area contributed by atoms with Gasteiger partial charge in [-0.15, -0.1) is 0 Å². The van der Waals surface area contributed by atoms with Gasteiger partial charge in [-0.3, -0.25) is 9.69 Å². The lowest BCUT2D eigenvalue weighted by atomic mass is 9.71. The van der Waals surface area contributed by atoms with E-state index in [4.69, 9.17) is 4.74 Å². The molecule has 8 nitrogen and oxygen atoms in total. The maximum absolute atomic E-state index is 13.1. The molecule has 160 valence electrons. The molecule has 8 heteroatoms. The Morgan fingerprint density at radius 2 is 1.79 bits per heavy atom. The fraction of sp³-hybridized carbons (Fsp3) is 0.714. The highest BCUT2D eigenvalue weighted by Gasteiger charge is 2.60. The smallest absolute Gasteiger partial charge is 0.411 e. The third-order valence-corrected chi connectivity index (χ3v) is 6.00. The minimum absolute atomic E-state index is 0.0417.